The lowest BCUT2D eigenvalue weighted by Crippen LogP contribution is -2.50. The van der Waals surface area contributed by atoms with E-state index >= 15 is 0 Å². The second-order valence-electron chi connectivity index (χ2n) is 8.73. The Bertz CT molecular complexity index is 699. The van der Waals surface area contributed by atoms with E-state index in [1.165, 1.54) is 5.69 Å². The third-order valence-corrected chi connectivity index (χ3v) is 6.30. The highest BCUT2D eigenvalue weighted by Gasteiger charge is 2.31. The van der Waals surface area contributed by atoms with Crippen LogP contribution in [0.1, 0.15) is 27.2 Å². The summed E-state index contributed by atoms with van der Waals surface area (Å²) in [5.41, 5.74) is 1.23. The molecule has 1 aromatic carbocycles. The highest BCUT2D eigenvalue weighted by molar-refractivity contribution is 5.81. The minimum atomic E-state index is 0.214. The van der Waals surface area contributed by atoms with Gasteiger partial charge in [0.15, 0.2) is 5.96 Å². The predicted octanol–water partition coefficient (Wildman–Crippen LogP) is 1.62. The molecule has 2 heterocycles. The number of amides is 1. The lowest BCUT2D eigenvalue weighted by Gasteiger charge is -2.36. The molecule has 0 bridgehead atoms. The number of piperazine rings is 1. The Morgan fingerprint density at radius 3 is 2.43 bits per heavy atom. The maximum atomic E-state index is 12.6. The Kier molecular flexibility index (Phi) is 7.96. The van der Waals surface area contributed by atoms with E-state index in [0.29, 0.717) is 31.0 Å². The zero-order valence-corrected chi connectivity index (χ0v) is 19.0. The summed E-state index contributed by atoms with van der Waals surface area (Å²) in [6.45, 7) is 12.9. The number of likely N-dealkylation sites (tertiary alicyclic amines) is 1. The molecular weight excluding hydrogens is 376 g/mol. The minimum absolute atomic E-state index is 0.214. The van der Waals surface area contributed by atoms with Crippen molar-refractivity contribution in [1.82, 2.24) is 20.4 Å². The molecule has 1 amide bonds. The van der Waals surface area contributed by atoms with Crippen LogP contribution in [-0.2, 0) is 4.79 Å². The van der Waals surface area contributed by atoms with E-state index in [-0.39, 0.29) is 5.91 Å². The van der Waals surface area contributed by atoms with Crippen LogP contribution >= 0.6 is 0 Å². The van der Waals surface area contributed by atoms with Gasteiger partial charge in [-0.15, -0.1) is 0 Å². The van der Waals surface area contributed by atoms with Gasteiger partial charge in [0.05, 0.1) is 0 Å². The number of para-hydroxylation sites is 1. The molecule has 2 unspecified atom stereocenters. The van der Waals surface area contributed by atoms with Gasteiger partial charge in [-0.1, -0.05) is 25.1 Å². The molecule has 2 fully saturated rings. The quantitative estimate of drug-likeness (QED) is 0.547. The molecule has 166 valence electrons. The fourth-order valence-electron chi connectivity index (χ4n) is 4.28. The first kappa shape index (κ1) is 22.4. The first-order valence-electron chi connectivity index (χ1n) is 11.3. The number of anilines is 1. The topological polar surface area (TPSA) is 63.2 Å². The maximum Gasteiger partial charge on any atom is 0.224 e. The third kappa shape index (κ3) is 5.88. The van der Waals surface area contributed by atoms with E-state index in [1.807, 2.05) is 11.0 Å². The fourth-order valence-corrected chi connectivity index (χ4v) is 4.28. The minimum Gasteiger partial charge on any atom is -0.368 e. The smallest absolute Gasteiger partial charge is 0.224 e. The molecule has 2 saturated heterocycles. The first-order valence-corrected chi connectivity index (χ1v) is 11.3. The highest BCUT2D eigenvalue weighted by Crippen LogP contribution is 2.18. The summed E-state index contributed by atoms with van der Waals surface area (Å²) < 4.78 is 0. The summed E-state index contributed by atoms with van der Waals surface area (Å²) in [5.74, 6) is 1.58. The van der Waals surface area contributed by atoms with Crippen LogP contribution in [0.2, 0.25) is 0 Å². The Morgan fingerprint density at radius 1 is 1.13 bits per heavy atom. The second-order valence-corrected chi connectivity index (χ2v) is 8.73. The summed E-state index contributed by atoms with van der Waals surface area (Å²) in [7, 11) is 1.79. The van der Waals surface area contributed by atoms with E-state index in [4.69, 9.17) is 0 Å². The van der Waals surface area contributed by atoms with E-state index in [0.717, 1.165) is 45.2 Å². The molecule has 0 aromatic heterocycles. The van der Waals surface area contributed by atoms with Crippen LogP contribution in [0.15, 0.2) is 35.3 Å². The molecule has 0 saturated carbocycles. The predicted molar refractivity (Wildman–Crippen MR) is 124 cm³/mol. The lowest BCUT2D eigenvalue weighted by atomic mass is 10.1. The van der Waals surface area contributed by atoms with Gasteiger partial charge >= 0.3 is 0 Å². The normalized spacial score (nSPS) is 23.2. The summed E-state index contributed by atoms with van der Waals surface area (Å²) >= 11 is 0. The summed E-state index contributed by atoms with van der Waals surface area (Å²) in [6, 6.07) is 11.4. The largest absolute Gasteiger partial charge is 0.368 e. The van der Waals surface area contributed by atoms with Crippen LogP contribution in [-0.4, -0.2) is 86.6 Å². The van der Waals surface area contributed by atoms with Crippen molar-refractivity contribution in [1.29, 1.82) is 0 Å². The Hall–Kier alpha value is -2.28. The molecule has 30 heavy (non-hydrogen) atoms. The number of nitrogens with zero attached hydrogens (tertiary/aromatic N) is 4. The maximum absolute atomic E-state index is 12.6. The van der Waals surface area contributed by atoms with E-state index in [9.17, 15) is 4.79 Å². The number of hydrogen-bond donors (Lipinski definition) is 2. The molecule has 2 N–H and O–H groups in total. The van der Waals surface area contributed by atoms with Crippen molar-refractivity contribution in [2.24, 2.45) is 10.9 Å². The number of hydrogen-bond acceptors (Lipinski definition) is 4. The Balaban J connectivity index is 1.37. The molecular formula is C23H38N6O. The van der Waals surface area contributed by atoms with E-state index < -0.39 is 0 Å². The molecule has 0 spiro atoms. The van der Waals surface area contributed by atoms with Gasteiger partial charge < -0.3 is 20.4 Å². The van der Waals surface area contributed by atoms with Crippen molar-refractivity contribution in [3.63, 3.8) is 0 Å². The van der Waals surface area contributed by atoms with Crippen molar-refractivity contribution in [2.45, 2.75) is 39.3 Å². The average molecular weight is 415 g/mol. The Morgan fingerprint density at radius 2 is 1.83 bits per heavy atom. The van der Waals surface area contributed by atoms with E-state index in [1.54, 1.807) is 7.05 Å². The molecule has 0 radical (unpaired) electrons. The van der Waals surface area contributed by atoms with Crippen LogP contribution < -0.4 is 15.5 Å². The molecule has 0 aliphatic carbocycles. The Labute approximate surface area is 181 Å². The number of guanidine groups is 1. The molecule has 3 rings (SSSR count). The van der Waals surface area contributed by atoms with E-state index in [2.05, 4.69) is 70.5 Å². The lowest BCUT2D eigenvalue weighted by molar-refractivity contribution is -0.131. The summed E-state index contributed by atoms with van der Waals surface area (Å²) in [6.07, 6.45) is 0.490. The van der Waals surface area contributed by atoms with Crippen molar-refractivity contribution in [3.8, 4) is 0 Å². The number of rotatable bonds is 6. The summed E-state index contributed by atoms with van der Waals surface area (Å²) in [5, 5.41) is 6.87. The molecule has 7 nitrogen and oxygen atoms in total. The molecule has 7 heteroatoms. The van der Waals surface area contributed by atoms with Gasteiger partial charge in [0, 0.05) is 77.1 Å². The van der Waals surface area contributed by atoms with Gasteiger partial charge in [0.25, 0.3) is 0 Å². The number of nitrogens with one attached hydrogen (secondary N) is 2. The molecule has 1 aromatic rings. The second kappa shape index (κ2) is 10.7. The first-order chi connectivity index (χ1) is 14.5. The van der Waals surface area contributed by atoms with Gasteiger partial charge in [-0.3, -0.25) is 14.7 Å². The van der Waals surface area contributed by atoms with Crippen molar-refractivity contribution < 1.29 is 4.79 Å². The standard InChI is InChI=1S/C23H38N6O/c1-18(2)29-16-19(3)21(17-29)26-23(24-4)25-11-10-22(30)28-14-12-27(13-15-28)20-8-6-5-7-9-20/h5-9,18-19,21H,10-17H2,1-4H3,(H2,24,25,26). The summed E-state index contributed by atoms with van der Waals surface area (Å²) in [4.78, 5) is 23.8. The molecule has 2 atom stereocenters. The third-order valence-electron chi connectivity index (χ3n) is 6.30. The SMILES string of the molecule is CN=C(NCCC(=O)N1CCN(c2ccccc2)CC1)NC1CN(C(C)C)CC1C. The van der Waals surface area contributed by atoms with Gasteiger partial charge in [-0.05, 0) is 31.9 Å². The van der Waals surface area contributed by atoms with Gasteiger partial charge in [-0.2, -0.15) is 0 Å². The zero-order chi connectivity index (χ0) is 21.5. The van der Waals surface area contributed by atoms with Crippen molar-refractivity contribution in [2.75, 3.05) is 57.8 Å². The van der Waals surface area contributed by atoms with Gasteiger partial charge in [0.1, 0.15) is 0 Å². The van der Waals surface area contributed by atoms with Crippen LogP contribution in [0.25, 0.3) is 0 Å². The van der Waals surface area contributed by atoms with Crippen LogP contribution in [0.5, 0.6) is 0 Å². The molecule has 2 aliphatic heterocycles. The monoisotopic (exact) mass is 414 g/mol. The van der Waals surface area contributed by atoms with Crippen molar-refractivity contribution >= 4 is 17.6 Å². The van der Waals surface area contributed by atoms with Crippen LogP contribution in [0, 0.1) is 5.92 Å². The van der Waals surface area contributed by atoms with Crippen LogP contribution in [0.4, 0.5) is 5.69 Å². The number of aliphatic imine (C=N–C) groups is 1. The van der Waals surface area contributed by atoms with Crippen molar-refractivity contribution in [3.05, 3.63) is 30.3 Å². The number of carbonyl (C=O) groups is 1. The average Bonchev–Trinajstić information content (AvgIpc) is 3.14. The van der Waals surface area contributed by atoms with Gasteiger partial charge in [-0.25, -0.2) is 0 Å². The van der Waals surface area contributed by atoms with Crippen LogP contribution in [0.3, 0.4) is 0 Å². The number of carbonyl (C=O) groups excluding carboxylic acids is 1. The number of benzene rings is 1. The molecule has 2 aliphatic rings. The highest BCUT2D eigenvalue weighted by atomic mass is 16.2. The zero-order valence-electron chi connectivity index (χ0n) is 19.0. The fraction of sp³-hybridized carbons (Fsp3) is 0.652. The van der Waals surface area contributed by atoms with Gasteiger partial charge in [0.2, 0.25) is 5.91 Å².